The Bertz CT molecular complexity index is 4240. The number of aromatic nitrogens is 10. The number of aliphatic imine (C=N–C) groups is 1. The first-order chi connectivity index (χ1) is 51.2. The molecule has 27 nitrogen and oxygen atoms in total. The number of nitrogens with zero attached hydrogens (tertiary/aromatic N) is 11. The van der Waals surface area contributed by atoms with Gasteiger partial charge in [-0.05, 0) is 107 Å². The molecule has 0 saturated heterocycles. The van der Waals surface area contributed by atoms with Crippen molar-refractivity contribution >= 4 is 93.0 Å². The third kappa shape index (κ3) is 29.1. The molecule has 7 aromatic rings. The summed E-state index contributed by atoms with van der Waals surface area (Å²) >= 11 is 21.2. The summed E-state index contributed by atoms with van der Waals surface area (Å²) in [6.07, 6.45) is 0.533. The molecule has 0 saturated carbocycles. The van der Waals surface area contributed by atoms with Crippen molar-refractivity contribution in [3.8, 4) is 11.4 Å². The molecule has 1 aliphatic rings. The van der Waals surface area contributed by atoms with E-state index in [0.717, 1.165) is 48.1 Å². The maximum absolute atomic E-state index is 13.7. The summed E-state index contributed by atoms with van der Waals surface area (Å²) in [6.45, 7) is 24.6. The van der Waals surface area contributed by atoms with E-state index in [0.29, 0.717) is 111 Å². The number of hydrogen-bond donors (Lipinski definition) is 1. The van der Waals surface area contributed by atoms with Crippen LogP contribution in [0.15, 0.2) is 97.5 Å². The third-order valence-electron chi connectivity index (χ3n) is 14.7. The highest BCUT2D eigenvalue weighted by molar-refractivity contribution is 6.61. The van der Waals surface area contributed by atoms with Crippen molar-refractivity contribution < 1.29 is 83.8 Å². The number of carbonyl (C=O) groups excluding carboxylic acids is 4. The zero-order chi connectivity index (χ0) is 81.0. The van der Waals surface area contributed by atoms with Gasteiger partial charge in [-0.3, -0.25) is 41.8 Å². The molecule has 2 aromatic carbocycles. The van der Waals surface area contributed by atoms with Crippen molar-refractivity contribution in [2.45, 2.75) is 228 Å². The van der Waals surface area contributed by atoms with Crippen LogP contribution in [0.5, 0.6) is 0 Å². The number of ether oxygens (including phenoxy) is 7. The number of hydrogen-bond acceptors (Lipinski definition) is 20. The van der Waals surface area contributed by atoms with Crippen LogP contribution in [0, 0.1) is 0 Å². The lowest BCUT2D eigenvalue weighted by molar-refractivity contribution is -0.138. The van der Waals surface area contributed by atoms with Crippen LogP contribution in [-0.2, 0) is 91.2 Å². The Morgan fingerprint density at radius 1 is 0.546 bits per heavy atom. The highest BCUT2D eigenvalue weighted by Crippen LogP contribution is 2.33. The number of rotatable bonds is 28. The highest BCUT2D eigenvalue weighted by Gasteiger charge is 2.33. The second kappa shape index (κ2) is 47.3. The van der Waals surface area contributed by atoms with E-state index in [9.17, 15) is 64.7 Å². The Morgan fingerprint density at radius 2 is 0.972 bits per heavy atom. The van der Waals surface area contributed by atoms with Crippen LogP contribution in [0.2, 0.25) is 0 Å². The molecule has 1 N–H and O–H groups in total. The van der Waals surface area contributed by atoms with Crippen LogP contribution in [-0.4, -0.2) is 125 Å². The minimum absolute atomic E-state index is 0.0319. The molecule has 37 heteroatoms. The van der Waals surface area contributed by atoms with E-state index >= 15 is 0 Å². The topological polar surface area (TPSA) is 307 Å². The molecule has 0 aliphatic carbocycles. The fourth-order valence-electron chi connectivity index (χ4n) is 9.56. The summed E-state index contributed by atoms with van der Waals surface area (Å²) in [5, 5.41) is 16.4. The molecule has 0 radical (unpaired) electrons. The van der Waals surface area contributed by atoms with Gasteiger partial charge in [-0.2, -0.15) is 36.5 Å². The predicted molar refractivity (Wildman–Crippen MR) is 397 cm³/mol. The Hall–Kier alpha value is -8.66. The summed E-state index contributed by atoms with van der Waals surface area (Å²) < 4.78 is 122. The van der Waals surface area contributed by atoms with Crippen LogP contribution < -0.4 is 22.5 Å². The van der Waals surface area contributed by atoms with Crippen molar-refractivity contribution in [1.29, 1.82) is 0 Å². The number of aliphatic hydroxyl groups is 1. The van der Waals surface area contributed by atoms with Crippen molar-refractivity contribution in [2.75, 3.05) is 26.4 Å². The molecule has 5 aromatic heterocycles. The van der Waals surface area contributed by atoms with E-state index in [4.69, 9.17) is 61.0 Å². The summed E-state index contributed by atoms with van der Waals surface area (Å²) in [5.41, 5.74) is -2.69. The van der Waals surface area contributed by atoms with Gasteiger partial charge in [0.2, 0.25) is 0 Å². The fourth-order valence-corrected chi connectivity index (χ4v) is 9.94. The average molecular weight is 1610 g/mol. The minimum atomic E-state index is -4.48. The second-order valence-corrected chi connectivity index (χ2v) is 25.0. The highest BCUT2D eigenvalue weighted by atomic mass is 35.5. The summed E-state index contributed by atoms with van der Waals surface area (Å²) in [6, 6.07) is 10.0. The first-order valence-corrected chi connectivity index (χ1v) is 36.9. The molecule has 0 spiro atoms. The molecule has 1 aliphatic heterocycles. The quantitative estimate of drug-likeness (QED) is 0.0157. The zero-order valence-corrected chi connectivity index (χ0v) is 65.4. The van der Waals surface area contributed by atoms with Gasteiger partial charge in [0.25, 0.3) is 11.1 Å². The molecule has 6 heterocycles. The van der Waals surface area contributed by atoms with E-state index in [-0.39, 0.29) is 73.9 Å². The lowest BCUT2D eigenvalue weighted by Crippen LogP contribution is -2.41. The standard InChI is InChI=1S/C28H33F3N6O5.C22H22F3N5O2.2C7H13ClO3.C4H6Cl2O2.C3H8O/c1-5-12-36-25(38)22-24(35(8-4)26(36)39)33-23(37(22)21(7-3)42-27(40)41-13-6-2)19-15-32-34(17-19)16-18-10-9-11-20(14-18)28(29,30)31;1-3-8-30-20(31)17-10-18(27-19(17)29(4-2)21(30)32)15-11-26-28(13-15)12-14-6-5-7-16(9-14)22(23,24)25;2*1-3-5-10-7(9)11-6(8)4-2;1-2-3(5)8-4(6)7;1-2-3-4/h9-11,14-15,17,21H,5-8,12-13,16H2,1-4H3;5-7,9,11,13H,3-4,8,10,12H2,1-2H3;2*6H,3-5H2,1-2H3;3H,2H2,1H3;4H,2-3H2,1H3. The van der Waals surface area contributed by atoms with Crippen molar-refractivity contribution in [3.05, 3.63) is 148 Å². The molecule has 4 unspecified atom stereocenters. The number of aliphatic hydroxyl groups excluding tert-OH is 1. The van der Waals surface area contributed by atoms with Crippen LogP contribution in [0.3, 0.4) is 0 Å². The monoisotopic (exact) mass is 1610 g/mol. The van der Waals surface area contributed by atoms with Gasteiger partial charge in [0.1, 0.15) is 11.6 Å². The summed E-state index contributed by atoms with van der Waals surface area (Å²) in [4.78, 5) is 105. The number of imidazole rings is 1. The van der Waals surface area contributed by atoms with E-state index in [1.807, 2.05) is 62.3 Å². The Morgan fingerprint density at radius 3 is 1.37 bits per heavy atom. The average Bonchev–Trinajstić information content (AvgIpc) is 1.58. The Kier molecular flexibility index (Phi) is 41.0. The van der Waals surface area contributed by atoms with E-state index < -0.39 is 81.5 Å². The Labute approximate surface area is 640 Å². The third-order valence-corrected chi connectivity index (χ3v) is 16.0. The van der Waals surface area contributed by atoms with Crippen molar-refractivity contribution in [3.63, 3.8) is 0 Å². The minimum Gasteiger partial charge on any atom is -0.434 e. The molecule has 4 atom stereocenters. The summed E-state index contributed by atoms with van der Waals surface area (Å²) in [5.74, 6) is 0.568. The van der Waals surface area contributed by atoms with Gasteiger partial charge in [-0.25, -0.2) is 38.7 Å². The van der Waals surface area contributed by atoms with Gasteiger partial charge < -0.3 is 38.3 Å². The molecule has 0 amide bonds. The van der Waals surface area contributed by atoms with Crippen LogP contribution in [0.4, 0.5) is 51.3 Å². The van der Waals surface area contributed by atoms with Gasteiger partial charge >= 0.3 is 47.6 Å². The lowest BCUT2D eigenvalue weighted by atomic mass is 10.1. The summed E-state index contributed by atoms with van der Waals surface area (Å²) in [7, 11) is 0. The van der Waals surface area contributed by atoms with Crippen molar-refractivity contribution in [1.82, 2.24) is 47.4 Å². The normalized spacial score (nSPS) is 12.6. The number of aryl methyl sites for hydroxylation is 1. The number of benzene rings is 2. The molecular formula is C71H95Cl4F6N11O16. The first kappa shape index (κ1) is 93.5. The molecule has 0 fully saturated rings. The molecular weight excluding hydrogens is 1520 g/mol. The number of carbonyl (C=O) groups is 4. The van der Waals surface area contributed by atoms with Gasteiger partial charge in [0, 0.05) is 75.2 Å². The lowest BCUT2D eigenvalue weighted by Gasteiger charge is -2.20. The molecule has 108 heavy (non-hydrogen) atoms. The fraction of sp³-hybridized carbons (Fsp3) is 0.549. The Balaban J connectivity index is 0.000000398. The SMILES string of the molecule is CCC(Cl)OC(=O)Cl.CCCO.CCCOC(=O)OC(CC)n1c(-c2cnn(Cc3cccc(C(F)(F)F)c3)c2)nc2c1c(=O)n(CCC)c(=O)n2CC.CCCOC(=O)OC(Cl)CC.CCCOC(=O)OC(Cl)CC.CCCn1c(=O)c2c(n(CC)c1=O)N=C(c1cnn(Cc3cccc(C(F)(F)F)c3)c1)C2. The van der Waals surface area contributed by atoms with Crippen LogP contribution >= 0.6 is 46.4 Å². The predicted octanol–water partition coefficient (Wildman–Crippen LogP) is 16.3. The van der Waals surface area contributed by atoms with E-state index in [2.05, 4.69) is 43.9 Å². The molecule has 0 bridgehead atoms. The van der Waals surface area contributed by atoms with Gasteiger partial charge in [0.15, 0.2) is 34.1 Å². The number of fused-ring (bicyclic) bond motifs is 2. The second-order valence-electron chi connectivity index (χ2n) is 23.3. The van der Waals surface area contributed by atoms with Gasteiger partial charge in [-0.15, -0.1) is 0 Å². The smallest absolute Gasteiger partial charge is 0.434 e. The first-order valence-electron chi connectivity index (χ1n) is 35.2. The largest absolute Gasteiger partial charge is 0.510 e. The van der Waals surface area contributed by atoms with Gasteiger partial charge in [0.05, 0.1) is 73.3 Å². The van der Waals surface area contributed by atoms with Crippen LogP contribution in [0.1, 0.15) is 187 Å². The van der Waals surface area contributed by atoms with E-state index in [1.54, 1.807) is 51.5 Å². The zero-order valence-electron chi connectivity index (χ0n) is 62.4. The molecule has 600 valence electrons. The number of alkyl halides is 9. The van der Waals surface area contributed by atoms with Gasteiger partial charge in [-0.1, -0.05) is 128 Å². The van der Waals surface area contributed by atoms with E-state index in [1.165, 1.54) is 46.0 Å². The molecule has 8 rings (SSSR count). The maximum atomic E-state index is 13.7. The van der Waals surface area contributed by atoms with Crippen LogP contribution in [0.25, 0.3) is 22.6 Å². The van der Waals surface area contributed by atoms with Crippen molar-refractivity contribution in [2.24, 2.45) is 4.99 Å². The number of halogens is 10. The maximum Gasteiger partial charge on any atom is 0.510 e.